The normalized spacial score (nSPS) is 15.2. The van der Waals surface area contributed by atoms with E-state index in [1.807, 2.05) is 0 Å². The Morgan fingerprint density at radius 3 is 1.27 bits per heavy atom. The maximum absolute atomic E-state index is 2.61. The monoisotopic (exact) mass is 555 g/mol. The molecule has 3 aliphatic rings. The van der Waals surface area contributed by atoms with E-state index >= 15 is 0 Å². The van der Waals surface area contributed by atoms with E-state index in [1.54, 1.807) is 26.4 Å². The Kier molecular flexibility index (Phi) is 4.96. The molecule has 0 fully saturated rings. The molecule has 0 spiro atoms. The van der Waals surface area contributed by atoms with Crippen LogP contribution >= 0.6 is 7.26 Å². The van der Waals surface area contributed by atoms with E-state index in [2.05, 4.69) is 108 Å². The molecule has 4 aromatic rings. The summed E-state index contributed by atoms with van der Waals surface area (Å²) in [6, 6.07) is 26.9. The fraction of sp³-hybridized carbons (Fsp3) is 0.226. The van der Waals surface area contributed by atoms with Gasteiger partial charge in [0.15, 0.2) is 0 Å². The predicted octanol–water partition coefficient (Wildman–Crippen LogP) is 4.17. The van der Waals surface area contributed by atoms with Gasteiger partial charge in [-0.05, 0) is 0 Å². The summed E-state index contributed by atoms with van der Waals surface area (Å²) in [4.78, 5) is 0. The molecule has 3 heterocycles. The summed E-state index contributed by atoms with van der Waals surface area (Å²) in [5.41, 5.74) is 10.2. The van der Waals surface area contributed by atoms with Gasteiger partial charge in [0.05, 0.1) is 0 Å². The van der Waals surface area contributed by atoms with Crippen molar-refractivity contribution in [3.8, 4) is 0 Å². The van der Waals surface area contributed by atoms with Crippen LogP contribution in [0.4, 0.5) is 0 Å². The van der Waals surface area contributed by atoms with Crippen LogP contribution in [0.2, 0.25) is 0 Å². The zero-order chi connectivity index (χ0) is 23.1. The van der Waals surface area contributed by atoms with Crippen molar-refractivity contribution in [1.82, 2.24) is 0 Å². The van der Waals surface area contributed by atoms with Gasteiger partial charge in [0.25, 0.3) is 0 Å². The summed E-state index contributed by atoms with van der Waals surface area (Å²) in [6.45, 7) is 13.9. The SMILES string of the molecule is Cc1c[c]2c(cc1C)[P+]1(Cc3ccccc3)c3cc(C)c(C)c[c]3[Sb]2[c]2cc(C)c(C)cc21. The van der Waals surface area contributed by atoms with Gasteiger partial charge < -0.3 is 0 Å². The summed E-state index contributed by atoms with van der Waals surface area (Å²) < 4.78 is 5.24. The van der Waals surface area contributed by atoms with Gasteiger partial charge in [-0.25, -0.2) is 0 Å². The molecule has 7 rings (SSSR count). The first-order valence-electron chi connectivity index (χ1n) is 11.9. The van der Waals surface area contributed by atoms with Crippen LogP contribution in [0.1, 0.15) is 38.9 Å². The van der Waals surface area contributed by atoms with Crippen molar-refractivity contribution < 1.29 is 0 Å². The first kappa shape index (κ1) is 21.6. The molecule has 0 saturated heterocycles. The zero-order valence-corrected chi connectivity index (χ0v) is 23.9. The van der Waals surface area contributed by atoms with Gasteiger partial charge in [-0.3, -0.25) is 0 Å². The Hall–Kier alpha value is -1.87. The summed E-state index contributed by atoms with van der Waals surface area (Å²) in [5.74, 6) is 0. The Morgan fingerprint density at radius 2 is 0.879 bits per heavy atom. The van der Waals surface area contributed by atoms with Crippen molar-refractivity contribution in [2.45, 2.75) is 47.7 Å². The molecule has 0 N–H and O–H groups in total. The quantitative estimate of drug-likeness (QED) is 0.257. The molecule has 4 aromatic carbocycles. The first-order chi connectivity index (χ1) is 15.8. The van der Waals surface area contributed by atoms with E-state index < -0.39 is 27.5 Å². The topological polar surface area (TPSA) is 0 Å². The van der Waals surface area contributed by atoms with Crippen LogP contribution in [-0.4, -0.2) is 20.2 Å². The summed E-state index contributed by atoms with van der Waals surface area (Å²) >= 11 is -2.09. The molecular weight excluding hydrogens is 525 g/mol. The molecule has 2 bridgehead atoms. The fourth-order valence-corrected chi connectivity index (χ4v) is 24.3. The second-order valence-electron chi connectivity index (χ2n) is 10.1. The molecule has 0 saturated carbocycles. The number of benzene rings is 4. The average molecular weight is 556 g/mol. The van der Waals surface area contributed by atoms with Gasteiger partial charge in [-0.1, -0.05) is 0 Å². The van der Waals surface area contributed by atoms with Crippen LogP contribution in [0.5, 0.6) is 0 Å². The standard InChI is InChI=1S/C31H31P.Sb/c1-22-12-15-29(18-25(22)4)32(21-28-10-8-7-9-11-28,30-16-13-23(2)26(5)19-30)31-17-14-24(3)27(6)20-31;/h7-14,18-20H,21H2,1-6H3;/q+1;. The van der Waals surface area contributed by atoms with Crippen LogP contribution in [-0.2, 0) is 6.16 Å². The zero-order valence-electron chi connectivity index (χ0n) is 20.5. The van der Waals surface area contributed by atoms with E-state index in [4.69, 9.17) is 0 Å². The third-order valence-electron chi connectivity index (χ3n) is 7.99. The molecule has 0 aromatic heterocycles. The van der Waals surface area contributed by atoms with Gasteiger partial charge in [-0.15, -0.1) is 0 Å². The number of rotatable bonds is 2. The second-order valence-corrected chi connectivity index (χ2v) is 19.5. The van der Waals surface area contributed by atoms with Gasteiger partial charge in [-0.2, -0.15) is 0 Å². The maximum atomic E-state index is 2.61. The van der Waals surface area contributed by atoms with E-state index in [9.17, 15) is 0 Å². The van der Waals surface area contributed by atoms with Crippen molar-refractivity contribution in [3.05, 3.63) is 106 Å². The van der Waals surface area contributed by atoms with Crippen LogP contribution < -0.4 is 26.4 Å². The van der Waals surface area contributed by atoms with Gasteiger partial charge in [0.1, 0.15) is 0 Å². The molecule has 33 heavy (non-hydrogen) atoms. The summed E-state index contributed by atoms with van der Waals surface area (Å²) in [6.07, 6.45) is 1.13. The van der Waals surface area contributed by atoms with Gasteiger partial charge in [0, 0.05) is 0 Å². The Bertz CT molecular complexity index is 1300. The molecule has 0 unspecified atom stereocenters. The van der Waals surface area contributed by atoms with Crippen LogP contribution in [0.3, 0.4) is 0 Å². The second kappa shape index (κ2) is 7.57. The Morgan fingerprint density at radius 1 is 0.515 bits per heavy atom. The number of aryl methyl sites for hydroxylation is 6. The molecule has 0 nitrogen and oxygen atoms in total. The van der Waals surface area contributed by atoms with Crippen molar-refractivity contribution >= 4 is 53.9 Å². The Balaban J connectivity index is 1.80. The Labute approximate surface area is 206 Å². The van der Waals surface area contributed by atoms with Crippen LogP contribution in [0.15, 0.2) is 66.7 Å². The number of hydrogen-bond acceptors (Lipinski definition) is 0. The molecule has 0 radical (unpaired) electrons. The minimum atomic E-state index is -2.09. The van der Waals surface area contributed by atoms with E-state index in [0.717, 1.165) is 6.16 Å². The molecule has 0 aliphatic carbocycles. The van der Waals surface area contributed by atoms with Crippen molar-refractivity contribution in [1.29, 1.82) is 0 Å². The molecule has 164 valence electrons. The van der Waals surface area contributed by atoms with Crippen molar-refractivity contribution in [2.24, 2.45) is 0 Å². The third-order valence-corrected chi connectivity index (χ3v) is 21.3. The van der Waals surface area contributed by atoms with E-state index in [1.165, 1.54) is 38.9 Å². The number of hydrogen-bond donors (Lipinski definition) is 0. The molecular formula is C31H31PSb+. The third kappa shape index (κ3) is 3.00. The molecule has 3 aliphatic heterocycles. The first-order valence-corrected chi connectivity index (χ1v) is 17.7. The van der Waals surface area contributed by atoms with Gasteiger partial charge >= 0.3 is 207 Å². The predicted molar refractivity (Wildman–Crippen MR) is 148 cm³/mol. The minimum absolute atomic E-state index is 1.13. The average Bonchev–Trinajstić information content (AvgIpc) is 2.78. The van der Waals surface area contributed by atoms with Crippen molar-refractivity contribution in [2.75, 3.05) is 0 Å². The fourth-order valence-electron chi connectivity index (χ4n) is 5.70. The van der Waals surface area contributed by atoms with Crippen LogP contribution in [0.25, 0.3) is 0 Å². The van der Waals surface area contributed by atoms with Gasteiger partial charge in [0.2, 0.25) is 0 Å². The summed E-state index contributed by atoms with van der Waals surface area (Å²) in [7, 11) is -1.79. The van der Waals surface area contributed by atoms with Crippen LogP contribution in [0, 0.1) is 41.5 Å². The van der Waals surface area contributed by atoms with Crippen molar-refractivity contribution in [3.63, 3.8) is 0 Å². The molecule has 0 amide bonds. The van der Waals surface area contributed by atoms with E-state index in [-0.39, 0.29) is 0 Å². The summed E-state index contributed by atoms with van der Waals surface area (Å²) in [5, 5.41) is 5.14. The molecule has 0 atom stereocenters. The molecule has 2 heteroatoms. The van der Waals surface area contributed by atoms with E-state index in [0.29, 0.717) is 0 Å².